The summed E-state index contributed by atoms with van der Waals surface area (Å²) < 4.78 is 0. The van der Waals surface area contributed by atoms with Gasteiger partial charge < -0.3 is 15.3 Å². The standard InChI is InChI=1S/C15H28N2O3/c1-4-12-5-7-13(8-6-12)9-16-15(20)17(3)10-11(2)14(18)19/h11-13H,4-10H2,1-3H3,(H,16,20)(H,18,19). The fourth-order valence-electron chi connectivity index (χ4n) is 2.78. The second kappa shape index (κ2) is 8.12. The second-order valence-corrected chi connectivity index (χ2v) is 6.10. The average Bonchev–Trinajstić information content (AvgIpc) is 2.44. The molecule has 1 aliphatic carbocycles. The summed E-state index contributed by atoms with van der Waals surface area (Å²) >= 11 is 0. The Morgan fingerprint density at radius 2 is 1.80 bits per heavy atom. The van der Waals surface area contributed by atoms with E-state index in [4.69, 9.17) is 5.11 Å². The molecule has 0 aliphatic heterocycles. The molecule has 116 valence electrons. The van der Waals surface area contributed by atoms with E-state index in [1.165, 1.54) is 37.0 Å². The van der Waals surface area contributed by atoms with Gasteiger partial charge in [-0.05, 0) is 24.7 Å². The maximum atomic E-state index is 11.9. The number of carboxylic acids is 1. The molecule has 0 aromatic heterocycles. The van der Waals surface area contributed by atoms with Crippen LogP contribution in [-0.4, -0.2) is 42.1 Å². The zero-order chi connectivity index (χ0) is 15.1. The number of nitrogens with zero attached hydrogens (tertiary/aromatic N) is 1. The Morgan fingerprint density at radius 1 is 1.25 bits per heavy atom. The summed E-state index contributed by atoms with van der Waals surface area (Å²) in [6.07, 6.45) is 6.17. The highest BCUT2D eigenvalue weighted by molar-refractivity contribution is 5.75. The predicted octanol–water partition coefficient (Wildman–Crippen LogP) is 2.56. The van der Waals surface area contributed by atoms with Crippen LogP contribution in [0.2, 0.25) is 0 Å². The number of aliphatic carboxylic acids is 1. The quantitative estimate of drug-likeness (QED) is 0.787. The summed E-state index contributed by atoms with van der Waals surface area (Å²) in [6, 6.07) is -0.171. The molecule has 1 fully saturated rings. The van der Waals surface area contributed by atoms with Crippen molar-refractivity contribution in [2.75, 3.05) is 20.1 Å². The maximum absolute atomic E-state index is 11.9. The highest BCUT2D eigenvalue weighted by Crippen LogP contribution is 2.30. The Labute approximate surface area is 121 Å². The molecule has 5 heteroatoms. The number of amides is 2. The molecule has 0 heterocycles. The third-order valence-corrected chi connectivity index (χ3v) is 4.40. The van der Waals surface area contributed by atoms with Gasteiger partial charge in [-0.3, -0.25) is 4.79 Å². The number of rotatable bonds is 6. The van der Waals surface area contributed by atoms with E-state index in [1.807, 2.05) is 0 Å². The Hall–Kier alpha value is -1.26. The molecule has 1 aliphatic rings. The lowest BCUT2D eigenvalue weighted by molar-refractivity contribution is -0.141. The second-order valence-electron chi connectivity index (χ2n) is 6.10. The zero-order valence-electron chi connectivity index (χ0n) is 12.9. The maximum Gasteiger partial charge on any atom is 0.317 e. The van der Waals surface area contributed by atoms with Gasteiger partial charge in [0.25, 0.3) is 0 Å². The Kier molecular flexibility index (Phi) is 6.82. The van der Waals surface area contributed by atoms with Gasteiger partial charge in [0.05, 0.1) is 5.92 Å². The topological polar surface area (TPSA) is 69.6 Å². The molecule has 0 aromatic carbocycles. The lowest BCUT2D eigenvalue weighted by Gasteiger charge is -2.28. The molecule has 0 saturated heterocycles. The highest BCUT2D eigenvalue weighted by Gasteiger charge is 2.22. The summed E-state index contributed by atoms with van der Waals surface area (Å²) in [6.45, 7) is 4.80. The first-order valence-corrected chi connectivity index (χ1v) is 7.65. The van der Waals surface area contributed by atoms with Crippen LogP contribution in [0.25, 0.3) is 0 Å². The van der Waals surface area contributed by atoms with Gasteiger partial charge in [0, 0.05) is 20.1 Å². The molecule has 0 bridgehead atoms. The lowest BCUT2D eigenvalue weighted by atomic mass is 9.81. The van der Waals surface area contributed by atoms with Gasteiger partial charge in [0.2, 0.25) is 0 Å². The van der Waals surface area contributed by atoms with Crippen molar-refractivity contribution in [2.24, 2.45) is 17.8 Å². The molecule has 0 spiro atoms. The summed E-state index contributed by atoms with van der Waals surface area (Å²) in [7, 11) is 1.64. The van der Waals surface area contributed by atoms with E-state index < -0.39 is 11.9 Å². The number of urea groups is 1. The van der Waals surface area contributed by atoms with Crippen LogP contribution in [-0.2, 0) is 4.79 Å². The van der Waals surface area contributed by atoms with Crippen molar-refractivity contribution < 1.29 is 14.7 Å². The van der Waals surface area contributed by atoms with Crippen molar-refractivity contribution in [3.05, 3.63) is 0 Å². The fourth-order valence-corrected chi connectivity index (χ4v) is 2.78. The van der Waals surface area contributed by atoms with Crippen molar-refractivity contribution in [1.29, 1.82) is 0 Å². The largest absolute Gasteiger partial charge is 0.481 e. The van der Waals surface area contributed by atoms with Gasteiger partial charge in [0.1, 0.15) is 0 Å². The van der Waals surface area contributed by atoms with Crippen molar-refractivity contribution in [3.8, 4) is 0 Å². The molecule has 20 heavy (non-hydrogen) atoms. The van der Waals surface area contributed by atoms with Crippen LogP contribution < -0.4 is 5.32 Å². The smallest absolute Gasteiger partial charge is 0.317 e. The van der Waals surface area contributed by atoms with E-state index in [2.05, 4.69) is 12.2 Å². The minimum atomic E-state index is -0.873. The summed E-state index contributed by atoms with van der Waals surface area (Å²) in [5.41, 5.74) is 0. The number of carboxylic acid groups (broad SMARTS) is 1. The highest BCUT2D eigenvalue weighted by atomic mass is 16.4. The summed E-state index contributed by atoms with van der Waals surface area (Å²) in [5.74, 6) is 0.0290. The minimum absolute atomic E-state index is 0.171. The molecule has 0 aromatic rings. The normalized spacial score (nSPS) is 23.9. The van der Waals surface area contributed by atoms with Crippen LogP contribution in [0.3, 0.4) is 0 Å². The molecule has 1 unspecified atom stereocenters. The van der Waals surface area contributed by atoms with Gasteiger partial charge in [-0.15, -0.1) is 0 Å². The molecule has 2 amide bonds. The molecule has 1 atom stereocenters. The first-order valence-electron chi connectivity index (χ1n) is 7.65. The van der Waals surface area contributed by atoms with Gasteiger partial charge in [-0.25, -0.2) is 4.79 Å². The summed E-state index contributed by atoms with van der Waals surface area (Å²) in [4.78, 5) is 24.1. The van der Waals surface area contributed by atoms with Gasteiger partial charge in [-0.1, -0.05) is 33.1 Å². The van der Waals surface area contributed by atoms with Crippen LogP contribution in [0.1, 0.15) is 46.0 Å². The monoisotopic (exact) mass is 284 g/mol. The van der Waals surface area contributed by atoms with E-state index >= 15 is 0 Å². The van der Waals surface area contributed by atoms with Gasteiger partial charge in [0.15, 0.2) is 0 Å². The van der Waals surface area contributed by atoms with E-state index in [0.29, 0.717) is 12.5 Å². The zero-order valence-corrected chi connectivity index (χ0v) is 12.9. The minimum Gasteiger partial charge on any atom is -0.481 e. The molecule has 2 N–H and O–H groups in total. The Bertz CT molecular complexity index is 325. The number of nitrogens with one attached hydrogen (secondary N) is 1. The number of carbonyl (C=O) groups is 2. The van der Waals surface area contributed by atoms with Crippen LogP contribution >= 0.6 is 0 Å². The predicted molar refractivity (Wildman–Crippen MR) is 78.6 cm³/mol. The number of carbonyl (C=O) groups excluding carboxylic acids is 1. The van der Waals surface area contributed by atoms with E-state index in [-0.39, 0.29) is 12.6 Å². The van der Waals surface area contributed by atoms with Gasteiger partial charge in [-0.2, -0.15) is 0 Å². The van der Waals surface area contributed by atoms with E-state index in [1.54, 1.807) is 14.0 Å². The van der Waals surface area contributed by atoms with Crippen molar-refractivity contribution in [3.63, 3.8) is 0 Å². The molecular formula is C15H28N2O3. The Morgan fingerprint density at radius 3 is 2.30 bits per heavy atom. The van der Waals surface area contributed by atoms with E-state index in [9.17, 15) is 9.59 Å². The molecule has 5 nitrogen and oxygen atoms in total. The third-order valence-electron chi connectivity index (χ3n) is 4.40. The SMILES string of the molecule is CCC1CCC(CNC(=O)N(C)CC(C)C(=O)O)CC1. The Balaban J connectivity index is 2.24. The summed E-state index contributed by atoms with van der Waals surface area (Å²) in [5, 5.41) is 11.8. The lowest BCUT2D eigenvalue weighted by Crippen LogP contribution is -2.42. The molecule has 0 radical (unpaired) electrons. The first kappa shape index (κ1) is 16.8. The number of hydrogen-bond donors (Lipinski definition) is 2. The van der Waals surface area contributed by atoms with Crippen LogP contribution in [0, 0.1) is 17.8 Å². The third kappa shape index (κ3) is 5.39. The fraction of sp³-hybridized carbons (Fsp3) is 0.867. The molecule has 1 saturated carbocycles. The van der Waals surface area contributed by atoms with Crippen LogP contribution in [0.5, 0.6) is 0 Å². The van der Waals surface area contributed by atoms with Crippen molar-refractivity contribution in [1.82, 2.24) is 10.2 Å². The van der Waals surface area contributed by atoms with Crippen LogP contribution in [0.15, 0.2) is 0 Å². The molecule has 1 rings (SSSR count). The van der Waals surface area contributed by atoms with Gasteiger partial charge >= 0.3 is 12.0 Å². The average molecular weight is 284 g/mol. The first-order chi connectivity index (χ1) is 9.43. The number of hydrogen-bond acceptors (Lipinski definition) is 2. The molecular weight excluding hydrogens is 256 g/mol. The van der Waals surface area contributed by atoms with Crippen molar-refractivity contribution in [2.45, 2.75) is 46.0 Å². The van der Waals surface area contributed by atoms with Crippen molar-refractivity contribution >= 4 is 12.0 Å². The van der Waals surface area contributed by atoms with Crippen LogP contribution in [0.4, 0.5) is 4.79 Å². The van der Waals surface area contributed by atoms with E-state index in [0.717, 1.165) is 5.92 Å².